The molecule has 0 saturated carbocycles. The summed E-state index contributed by atoms with van der Waals surface area (Å²) in [5.74, 6) is 0.563. The zero-order valence-corrected chi connectivity index (χ0v) is 18.8. The zero-order chi connectivity index (χ0) is 19.6. The summed E-state index contributed by atoms with van der Waals surface area (Å²) in [7, 11) is 0. The van der Waals surface area contributed by atoms with Crippen LogP contribution in [0.2, 0.25) is 0 Å². The summed E-state index contributed by atoms with van der Waals surface area (Å²) < 4.78 is 15.3. The highest BCUT2D eigenvalue weighted by Gasteiger charge is 2.01. The molecule has 0 aliphatic carbocycles. The lowest BCUT2D eigenvalue weighted by molar-refractivity contribution is 0.625. The lowest BCUT2D eigenvalue weighted by Gasteiger charge is -2.12. The molecule has 1 aromatic heterocycles. The van der Waals surface area contributed by atoms with E-state index < -0.39 is 0 Å². The molecule has 2 N–H and O–H groups in total. The summed E-state index contributed by atoms with van der Waals surface area (Å²) in [6.07, 6.45) is 6.29. The molecule has 0 aliphatic rings. The normalized spacial score (nSPS) is 11.0. The molecule has 5 nitrogen and oxygen atoms in total. The average molecular weight is 507 g/mol. The van der Waals surface area contributed by atoms with Gasteiger partial charge in [0.25, 0.3) is 0 Å². The summed E-state index contributed by atoms with van der Waals surface area (Å²) >= 11 is 0. The van der Waals surface area contributed by atoms with E-state index >= 15 is 0 Å². The van der Waals surface area contributed by atoms with Crippen LogP contribution >= 0.6 is 24.0 Å². The molecule has 3 rings (SSSR count). The zero-order valence-electron chi connectivity index (χ0n) is 16.5. The van der Waals surface area contributed by atoms with Crippen LogP contribution in [-0.4, -0.2) is 28.6 Å². The Labute approximate surface area is 188 Å². The highest BCUT2D eigenvalue weighted by atomic mass is 127. The molecule has 3 aromatic rings. The van der Waals surface area contributed by atoms with Crippen molar-refractivity contribution in [1.82, 2.24) is 20.2 Å². The van der Waals surface area contributed by atoms with Crippen LogP contribution in [0, 0.1) is 5.82 Å². The number of aliphatic imine (C=N–C) groups is 1. The van der Waals surface area contributed by atoms with Gasteiger partial charge in [-0.05, 0) is 42.2 Å². The van der Waals surface area contributed by atoms with Crippen LogP contribution in [0.5, 0.6) is 0 Å². The third-order valence-corrected chi connectivity index (χ3v) is 4.27. The van der Waals surface area contributed by atoms with Crippen LogP contribution in [0.15, 0.2) is 72.2 Å². The van der Waals surface area contributed by atoms with Gasteiger partial charge in [0, 0.05) is 32.0 Å². The number of nitrogens with zero attached hydrogens (tertiary/aromatic N) is 3. The second-order valence-corrected chi connectivity index (χ2v) is 6.56. The standard InChI is InChI=1S/C22H26FN5.HI/c1-2-25-22(26-10-9-18-5-4-8-21(23)14-18)27-15-19-6-3-7-20(13-19)16-28-12-11-24-17-28;/h3-8,11-14,17H,2,9-10,15-16H2,1H3,(H2,25,26,27);1H. The molecule has 29 heavy (non-hydrogen) atoms. The van der Waals surface area contributed by atoms with Crippen molar-refractivity contribution in [3.63, 3.8) is 0 Å². The first-order valence-corrected chi connectivity index (χ1v) is 9.53. The Morgan fingerprint density at radius 1 is 1.07 bits per heavy atom. The minimum absolute atomic E-state index is 0. The summed E-state index contributed by atoms with van der Waals surface area (Å²) in [5.41, 5.74) is 3.34. The Morgan fingerprint density at radius 3 is 2.62 bits per heavy atom. The third kappa shape index (κ3) is 7.84. The predicted molar refractivity (Wildman–Crippen MR) is 126 cm³/mol. The molecule has 7 heteroatoms. The van der Waals surface area contributed by atoms with Gasteiger partial charge in [-0.25, -0.2) is 14.4 Å². The summed E-state index contributed by atoms with van der Waals surface area (Å²) in [5, 5.41) is 6.57. The van der Waals surface area contributed by atoms with E-state index in [1.807, 2.05) is 30.1 Å². The van der Waals surface area contributed by atoms with Crippen LogP contribution < -0.4 is 10.6 Å². The predicted octanol–water partition coefficient (Wildman–Crippen LogP) is 3.99. The molecule has 2 aromatic carbocycles. The Hall–Kier alpha value is -2.42. The van der Waals surface area contributed by atoms with E-state index in [0.717, 1.165) is 36.6 Å². The Balaban J connectivity index is 0.00000300. The van der Waals surface area contributed by atoms with Gasteiger partial charge in [0.05, 0.1) is 12.9 Å². The van der Waals surface area contributed by atoms with Crippen LogP contribution in [0.4, 0.5) is 4.39 Å². The number of guanidine groups is 1. The molecule has 0 radical (unpaired) electrons. The lowest BCUT2D eigenvalue weighted by atomic mass is 10.1. The van der Waals surface area contributed by atoms with Gasteiger partial charge in [-0.1, -0.05) is 36.4 Å². The largest absolute Gasteiger partial charge is 0.357 e. The maximum atomic E-state index is 13.3. The second-order valence-electron chi connectivity index (χ2n) is 6.56. The Morgan fingerprint density at radius 2 is 1.86 bits per heavy atom. The number of hydrogen-bond donors (Lipinski definition) is 2. The maximum Gasteiger partial charge on any atom is 0.191 e. The second kappa shape index (κ2) is 12.2. The fraction of sp³-hybridized carbons (Fsp3) is 0.273. The number of halogens is 2. The topological polar surface area (TPSA) is 54.2 Å². The van der Waals surface area contributed by atoms with E-state index in [1.165, 1.54) is 11.6 Å². The van der Waals surface area contributed by atoms with E-state index in [-0.39, 0.29) is 29.8 Å². The minimum atomic E-state index is -0.200. The van der Waals surface area contributed by atoms with Crippen molar-refractivity contribution >= 4 is 29.9 Å². The van der Waals surface area contributed by atoms with Crippen LogP contribution in [0.1, 0.15) is 23.6 Å². The van der Waals surface area contributed by atoms with Crippen molar-refractivity contribution in [2.75, 3.05) is 13.1 Å². The number of imidazole rings is 1. The molecule has 1 heterocycles. The SMILES string of the molecule is CCNC(=NCc1cccc(Cn2ccnc2)c1)NCCc1cccc(F)c1.I. The van der Waals surface area contributed by atoms with Crippen molar-refractivity contribution in [3.8, 4) is 0 Å². The molecular weight excluding hydrogens is 480 g/mol. The summed E-state index contributed by atoms with van der Waals surface area (Å²) in [6.45, 7) is 4.90. The first-order valence-electron chi connectivity index (χ1n) is 9.53. The quantitative estimate of drug-likeness (QED) is 0.276. The molecule has 0 spiro atoms. The first kappa shape index (κ1) is 22.9. The van der Waals surface area contributed by atoms with Crippen LogP contribution in [-0.2, 0) is 19.5 Å². The molecule has 0 fully saturated rings. The molecule has 0 amide bonds. The molecular formula is C22H27FIN5. The van der Waals surface area contributed by atoms with E-state index in [1.54, 1.807) is 18.3 Å². The molecule has 154 valence electrons. The van der Waals surface area contributed by atoms with Gasteiger partial charge in [-0.15, -0.1) is 24.0 Å². The highest BCUT2D eigenvalue weighted by Crippen LogP contribution is 2.08. The van der Waals surface area contributed by atoms with Gasteiger partial charge < -0.3 is 15.2 Å². The lowest BCUT2D eigenvalue weighted by Crippen LogP contribution is -2.38. The van der Waals surface area contributed by atoms with Gasteiger partial charge in [-0.2, -0.15) is 0 Å². The smallest absolute Gasteiger partial charge is 0.191 e. The number of benzene rings is 2. The van der Waals surface area contributed by atoms with E-state index in [2.05, 4.69) is 44.9 Å². The van der Waals surface area contributed by atoms with E-state index in [9.17, 15) is 4.39 Å². The van der Waals surface area contributed by atoms with Gasteiger partial charge >= 0.3 is 0 Å². The molecule has 0 bridgehead atoms. The minimum Gasteiger partial charge on any atom is -0.357 e. The van der Waals surface area contributed by atoms with Gasteiger partial charge in [0.1, 0.15) is 5.82 Å². The van der Waals surface area contributed by atoms with Crippen LogP contribution in [0.25, 0.3) is 0 Å². The Bertz CT molecular complexity index is 896. The highest BCUT2D eigenvalue weighted by molar-refractivity contribution is 14.0. The van der Waals surface area contributed by atoms with Crippen molar-refractivity contribution in [2.45, 2.75) is 26.4 Å². The van der Waals surface area contributed by atoms with E-state index in [0.29, 0.717) is 13.1 Å². The maximum absolute atomic E-state index is 13.3. The van der Waals surface area contributed by atoms with Crippen molar-refractivity contribution < 1.29 is 4.39 Å². The molecule has 0 aliphatic heterocycles. The Kier molecular flexibility index (Phi) is 9.63. The number of nitrogens with one attached hydrogen (secondary N) is 2. The molecule has 0 unspecified atom stereocenters. The van der Waals surface area contributed by atoms with Gasteiger partial charge in [0.15, 0.2) is 5.96 Å². The molecule has 0 atom stereocenters. The van der Waals surface area contributed by atoms with Crippen LogP contribution in [0.3, 0.4) is 0 Å². The van der Waals surface area contributed by atoms with Gasteiger partial charge in [-0.3, -0.25) is 0 Å². The number of rotatable bonds is 8. The average Bonchev–Trinajstić information content (AvgIpc) is 3.19. The monoisotopic (exact) mass is 507 g/mol. The van der Waals surface area contributed by atoms with Crippen molar-refractivity contribution in [3.05, 3.63) is 89.8 Å². The summed E-state index contributed by atoms with van der Waals surface area (Å²) in [4.78, 5) is 8.75. The van der Waals surface area contributed by atoms with E-state index in [4.69, 9.17) is 0 Å². The fourth-order valence-corrected chi connectivity index (χ4v) is 2.95. The number of aromatic nitrogens is 2. The number of hydrogen-bond acceptors (Lipinski definition) is 2. The fourth-order valence-electron chi connectivity index (χ4n) is 2.95. The van der Waals surface area contributed by atoms with Crippen molar-refractivity contribution in [2.24, 2.45) is 4.99 Å². The first-order chi connectivity index (χ1) is 13.7. The summed E-state index contributed by atoms with van der Waals surface area (Å²) in [6, 6.07) is 15.1. The third-order valence-electron chi connectivity index (χ3n) is 4.27. The van der Waals surface area contributed by atoms with Gasteiger partial charge in [0.2, 0.25) is 0 Å². The molecule has 0 saturated heterocycles. The van der Waals surface area contributed by atoms with Crippen molar-refractivity contribution in [1.29, 1.82) is 0 Å².